The van der Waals surface area contributed by atoms with Crippen LogP contribution in [0, 0.1) is 0 Å². The third-order valence-corrected chi connectivity index (χ3v) is 3.19. The maximum Gasteiger partial charge on any atom is 0.133 e. The minimum Gasteiger partial charge on any atom is -0.507 e. The Morgan fingerprint density at radius 3 is 2.58 bits per heavy atom. The van der Waals surface area contributed by atoms with Crippen molar-refractivity contribution in [2.45, 2.75) is 25.3 Å². The maximum absolute atomic E-state index is 9.69. The fourth-order valence-corrected chi connectivity index (χ4v) is 1.93. The summed E-state index contributed by atoms with van der Waals surface area (Å²) in [4.78, 5) is 8.67. The van der Waals surface area contributed by atoms with Gasteiger partial charge < -0.3 is 15.5 Å². The van der Waals surface area contributed by atoms with Gasteiger partial charge >= 0.3 is 0 Å². The van der Waals surface area contributed by atoms with E-state index in [0.29, 0.717) is 23.8 Å². The van der Waals surface area contributed by atoms with Gasteiger partial charge in [-0.25, -0.2) is 9.97 Å². The summed E-state index contributed by atoms with van der Waals surface area (Å²) in [5, 5.41) is 22.5. The molecule has 1 fully saturated rings. The summed E-state index contributed by atoms with van der Waals surface area (Å²) in [5.74, 6) is 2.22. The lowest BCUT2D eigenvalue weighted by molar-refractivity contribution is 0.440. The number of aromatic hydroxyl groups is 2. The molecular formula is C14H15N3O2. The molecule has 0 unspecified atom stereocenters. The van der Waals surface area contributed by atoms with E-state index >= 15 is 0 Å². The third kappa shape index (κ3) is 2.59. The molecule has 0 aliphatic heterocycles. The molecule has 0 radical (unpaired) electrons. The van der Waals surface area contributed by atoms with Crippen LogP contribution < -0.4 is 5.32 Å². The number of anilines is 1. The topological polar surface area (TPSA) is 78.3 Å². The predicted octanol–water partition coefficient (Wildman–Crippen LogP) is 2.38. The Morgan fingerprint density at radius 2 is 1.89 bits per heavy atom. The van der Waals surface area contributed by atoms with E-state index in [2.05, 4.69) is 15.3 Å². The second-order valence-corrected chi connectivity index (χ2v) is 4.70. The first kappa shape index (κ1) is 11.8. The van der Waals surface area contributed by atoms with E-state index in [-0.39, 0.29) is 11.5 Å². The zero-order valence-corrected chi connectivity index (χ0v) is 10.4. The second kappa shape index (κ2) is 4.76. The summed E-state index contributed by atoms with van der Waals surface area (Å²) >= 11 is 0. The molecule has 1 aromatic heterocycles. The number of aromatic nitrogens is 2. The Morgan fingerprint density at radius 1 is 1.16 bits per heavy atom. The Bertz CT molecular complexity index is 577. The van der Waals surface area contributed by atoms with Crippen LogP contribution in [0.25, 0.3) is 0 Å². The van der Waals surface area contributed by atoms with Gasteiger partial charge in [-0.15, -0.1) is 0 Å². The number of nitrogens with one attached hydrogen (secondary N) is 1. The average Bonchev–Trinajstić information content (AvgIpc) is 3.23. The molecule has 1 aliphatic rings. The van der Waals surface area contributed by atoms with Gasteiger partial charge in [-0.1, -0.05) is 6.07 Å². The molecule has 1 aliphatic carbocycles. The van der Waals surface area contributed by atoms with Gasteiger partial charge in [0.1, 0.15) is 23.1 Å². The van der Waals surface area contributed by atoms with Crippen molar-refractivity contribution < 1.29 is 10.2 Å². The minimum absolute atomic E-state index is 0.0731. The molecule has 1 heterocycles. The predicted molar refractivity (Wildman–Crippen MR) is 71.1 cm³/mol. The SMILES string of the molecule is Oc1cccc(O)c1CNc1ccnc(C2CC2)n1. The molecule has 98 valence electrons. The van der Waals surface area contributed by atoms with Crippen molar-refractivity contribution >= 4 is 5.82 Å². The van der Waals surface area contributed by atoms with Crippen molar-refractivity contribution in [2.75, 3.05) is 5.32 Å². The normalized spacial score (nSPS) is 14.3. The smallest absolute Gasteiger partial charge is 0.133 e. The molecule has 0 amide bonds. The Kier molecular flexibility index (Phi) is 2.95. The van der Waals surface area contributed by atoms with Crippen LogP contribution in [0.2, 0.25) is 0 Å². The highest BCUT2D eigenvalue weighted by atomic mass is 16.3. The average molecular weight is 257 g/mol. The van der Waals surface area contributed by atoms with Crippen LogP contribution >= 0.6 is 0 Å². The first-order valence-corrected chi connectivity index (χ1v) is 6.30. The van der Waals surface area contributed by atoms with E-state index in [1.807, 2.05) is 0 Å². The van der Waals surface area contributed by atoms with Crippen LogP contribution in [-0.2, 0) is 6.54 Å². The van der Waals surface area contributed by atoms with Gasteiger partial charge in [0.2, 0.25) is 0 Å². The first-order valence-electron chi connectivity index (χ1n) is 6.30. The zero-order chi connectivity index (χ0) is 13.2. The number of nitrogens with zero attached hydrogens (tertiary/aromatic N) is 2. The summed E-state index contributed by atoms with van der Waals surface area (Å²) in [5.41, 5.74) is 0.467. The second-order valence-electron chi connectivity index (χ2n) is 4.70. The van der Waals surface area contributed by atoms with Crippen LogP contribution in [0.15, 0.2) is 30.5 Å². The molecule has 19 heavy (non-hydrogen) atoms. The zero-order valence-electron chi connectivity index (χ0n) is 10.4. The molecule has 0 spiro atoms. The molecule has 3 N–H and O–H groups in total. The van der Waals surface area contributed by atoms with Crippen LogP contribution in [-0.4, -0.2) is 20.2 Å². The monoisotopic (exact) mass is 257 g/mol. The number of hydrogen-bond donors (Lipinski definition) is 3. The van der Waals surface area contributed by atoms with E-state index in [4.69, 9.17) is 0 Å². The van der Waals surface area contributed by atoms with Crippen molar-refractivity contribution in [3.05, 3.63) is 41.9 Å². The fourth-order valence-electron chi connectivity index (χ4n) is 1.93. The summed E-state index contributed by atoms with van der Waals surface area (Å²) in [6.07, 6.45) is 4.04. The van der Waals surface area contributed by atoms with Crippen molar-refractivity contribution in [1.82, 2.24) is 9.97 Å². The summed E-state index contributed by atoms with van der Waals surface area (Å²) in [6.45, 7) is 0.319. The Hall–Kier alpha value is -2.30. The lowest BCUT2D eigenvalue weighted by Crippen LogP contribution is -2.04. The molecule has 1 aromatic carbocycles. The fraction of sp³-hybridized carbons (Fsp3) is 0.286. The number of phenols is 2. The highest BCUT2D eigenvalue weighted by molar-refractivity contribution is 5.46. The molecular weight excluding hydrogens is 242 g/mol. The molecule has 5 heteroatoms. The third-order valence-electron chi connectivity index (χ3n) is 3.19. The van der Waals surface area contributed by atoms with Crippen LogP contribution in [0.5, 0.6) is 11.5 Å². The van der Waals surface area contributed by atoms with Crippen LogP contribution in [0.4, 0.5) is 5.82 Å². The van der Waals surface area contributed by atoms with Gasteiger partial charge in [-0.3, -0.25) is 0 Å². The summed E-state index contributed by atoms with van der Waals surface area (Å²) in [7, 11) is 0. The van der Waals surface area contributed by atoms with Crippen molar-refractivity contribution in [3.63, 3.8) is 0 Å². The lowest BCUT2D eigenvalue weighted by atomic mass is 10.2. The van der Waals surface area contributed by atoms with Crippen molar-refractivity contribution in [1.29, 1.82) is 0 Å². The van der Waals surface area contributed by atoms with E-state index in [9.17, 15) is 10.2 Å². The van der Waals surface area contributed by atoms with E-state index in [1.54, 1.807) is 30.5 Å². The van der Waals surface area contributed by atoms with Crippen LogP contribution in [0.1, 0.15) is 30.1 Å². The van der Waals surface area contributed by atoms with Gasteiger partial charge in [-0.05, 0) is 31.0 Å². The molecule has 0 atom stereocenters. The van der Waals surface area contributed by atoms with E-state index < -0.39 is 0 Å². The largest absolute Gasteiger partial charge is 0.507 e. The molecule has 0 bridgehead atoms. The molecule has 2 aromatic rings. The summed E-state index contributed by atoms with van der Waals surface area (Å²) in [6, 6.07) is 6.48. The van der Waals surface area contributed by atoms with Gasteiger partial charge in [-0.2, -0.15) is 0 Å². The maximum atomic E-state index is 9.69. The quantitative estimate of drug-likeness (QED) is 0.783. The van der Waals surface area contributed by atoms with E-state index in [1.165, 1.54) is 0 Å². The van der Waals surface area contributed by atoms with Gasteiger partial charge in [0.05, 0.1) is 5.56 Å². The number of hydrogen-bond acceptors (Lipinski definition) is 5. The first-order chi connectivity index (χ1) is 9.24. The van der Waals surface area contributed by atoms with Crippen LogP contribution in [0.3, 0.4) is 0 Å². The molecule has 5 nitrogen and oxygen atoms in total. The minimum atomic E-state index is 0.0731. The molecule has 3 rings (SSSR count). The van der Waals surface area contributed by atoms with Gasteiger partial charge in [0, 0.05) is 18.7 Å². The number of phenolic OH excluding ortho intramolecular Hbond substituents is 2. The standard InChI is InChI=1S/C14H15N3O2/c18-11-2-1-3-12(19)10(11)8-16-13-6-7-15-14(17-13)9-4-5-9/h1-3,6-7,9,18-19H,4-5,8H2,(H,15,16,17). The lowest BCUT2D eigenvalue weighted by Gasteiger charge is -2.09. The number of benzene rings is 1. The molecule has 1 saturated carbocycles. The molecule has 0 saturated heterocycles. The van der Waals surface area contributed by atoms with Crippen molar-refractivity contribution in [2.24, 2.45) is 0 Å². The van der Waals surface area contributed by atoms with Gasteiger partial charge in [0.15, 0.2) is 0 Å². The highest BCUT2D eigenvalue weighted by Gasteiger charge is 2.26. The Balaban J connectivity index is 1.73. The summed E-state index contributed by atoms with van der Waals surface area (Å²) < 4.78 is 0. The van der Waals surface area contributed by atoms with Crippen molar-refractivity contribution in [3.8, 4) is 11.5 Å². The van der Waals surface area contributed by atoms with Gasteiger partial charge in [0.25, 0.3) is 0 Å². The van der Waals surface area contributed by atoms with E-state index in [0.717, 1.165) is 18.7 Å². The number of rotatable bonds is 4. The highest BCUT2D eigenvalue weighted by Crippen LogP contribution is 2.38. The Labute approximate surface area is 111 Å².